The predicted octanol–water partition coefficient (Wildman–Crippen LogP) is 5.94. The van der Waals surface area contributed by atoms with E-state index in [1.165, 1.54) is 12.1 Å². The highest BCUT2D eigenvalue weighted by atomic mass is 19.4. The molecule has 6 heteroatoms. The van der Waals surface area contributed by atoms with Crippen molar-refractivity contribution in [1.82, 2.24) is 4.90 Å². The average molecular weight is 427 g/mol. The van der Waals surface area contributed by atoms with Crippen LogP contribution in [0.4, 0.5) is 13.2 Å². The van der Waals surface area contributed by atoms with E-state index in [0.29, 0.717) is 26.1 Å². The summed E-state index contributed by atoms with van der Waals surface area (Å²) in [4.78, 5) is 13.6. The number of fused-ring (bicyclic) bond motifs is 1. The van der Waals surface area contributed by atoms with Gasteiger partial charge in [-0.3, -0.25) is 9.69 Å². The van der Waals surface area contributed by atoms with Crippen LogP contribution in [0.25, 0.3) is 10.8 Å². The molecule has 0 radical (unpaired) electrons. The number of nitrogens with zero attached hydrogens (tertiary/aromatic N) is 1. The van der Waals surface area contributed by atoms with Gasteiger partial charge in [0.05, 0.1) is 5.56 Å². The average Bonchev–Trinajstić information content (AvgIpc) is 2.72. The van der Waals surface area contributed by atoms with Gasteiger partial charge in [-0.1, -0.05) is 48.5 Å². The Labute approximate surface area is 179 Å². The number of hydrogen-bond acceptors (Lipinski definition) is 2. The van der Waals surface area contributed by atoms with Crippen LogP contribution in [0.5, 0.6) is 0 Å². The normalized spacial score (nSPS) is 20.1. The van der Waals surface area contributed by atoms with Crippen LogP contribution >= 0.6 is 0 Å². The third-order valence-electron chi connectivity index (χ3n) is 6.01. The quantitative estimate of drug-likeness (QED) is 0.548. The standard InChI is InChI=1S/C25H24F3NO2/c26-25(27,28)23-9-7-20(8-10-23)22-12-18(13-24(30)31)15-29(16-22)14-17-5-6-19-3-1-2-4-21(19)11-17/h1-11,18,22H,12-16H2,(H,30,31). The number of carbonyl (C=O) groups is 1. The van der Waals surface area contributed by atoms with Crippen LogP contribution in [0.1, 0.15) is 35.4 Å². The van der Waals surface area contributed by atoms with Gasteiger partial charge in [0, 0.05) is 26.1 Å². The van der Waals surface area contributed by atoms with Gasteiger partial charge in [-0.05, 0) is 58.4 Å². The molecule has 0 amide bonds. The molecule has 0 saturated carbocycles. The number of rotatable bonds is 5. The monoisotopic (exact) mass is 427 g/mol. The summed E-state index contributed by atoms with van der Waals surface area (Å²) in [5, 5.41) is 11.6. The molecule has 1 aliphatic heterocycles. The number of likely N-dealkylation sites (tertiary alicyclic amines) is 1. The van der Waals surface area contributed by atoms with Crippen LogP contribution < -0.4 is 0 Å². The highest BCUT2D eigenvalue weighted by Gasteiger charge is 2.32. The summed E-state index contributed by atoms with van der Waals surface area (Å²) in [5.41, 5.74) is 1.30. The fraction of sp³-hybridized carbons (Fsp3) is 0.320. The number of halogens is 3. The van der Waals surface area contributed by atoms with Crippen LogP contribution in [0.15, 0.2) is 66.7 Å². The first-order chi connectivity index (χ1) is 14.8. The fourth-order valence-electron chi connectivity index (χ4n) is 4.61. The second-order valence-corrected chi connectivity index (χ2v) is 8.39. The Morgan fingerprint density at radius 3 is 2.35 bits per heavy atom. The van der Waals surface area contributed by atoms with E-state index in [4.69, 9.17) is 0 Å². The Kier molecular flexibility index (Phi) is 6.01. The van der Waals surface area contributed by atoms with E-state index in [1.54, 1.807) is 0 Å². The summed E-state index contributed by atoms with van der Waals surface area (Å²) in [6.45, 7) is 2.03. The maximum atomic E-state index is 12.9. The molecule has 0 bridgehead atoms. The van der Waals surface area contributed by atoms with Crippen molar-refractivity contribution in [3.63, 3.8) is 0 Å². The molecular weight excluding hydrogens is 403 g/mol. The zero-order valence-electron chi connectivity index (χ0n) is 17.0. The second-order valence-electron chi connectivity index (χ2n) is 8.39. The highest BCUT2D eigenvalue weighted by molar-refractivity contribution is 5.82. The van der Waals surface area contributed by atoms with Crippen LogP contribution in [-0.4, -0.2) is 29.1 Å². The zero-order valence-corrected chi connectivity index (χ0v) is 17.0. The lowest BCUT2D eigenvalue weighted by Crippen LogP contribution is -2.39. The zero-order chi connectivity index (χ0) is 22.0. The first kappa shape index (κ1) is 21.4. The largest absolute Gasteiger partial charge is 0.481 e. The molecule has 0 spiro atoms. The van der Waals surface area contributed by atoms with Gasteiger partial charge in [0.1, 0.15) is 0 Å². The molecule has 3 aromatic carbocycles. The molecule has 1 saturated heterocycles. The van der Waals surface area contributed by atoms with E-state index in [1.807, 2.05) is 12.1 Å². The third-order valence-corrected chi connectivity index (χ3v) is 6.01. The minimum absolute atomic E-state index is 0.000778. The van der Waals surface area contributed by atoms with Crippen molar-refractivity contribution in [3.05, 3.63) is 83.4 Å². The molecule has 2 atom stereocenters. The van der Waals surface area contributed by atoms with Crippen molar-refractivity contribution >= 4 is 16.7 Å². The van der Waals surface area contributed by atoms with E-state index in [0.717, 1.165) is 34.0 Å². The van der Waals surface area contributed by atoms with Gasteiger partial charge in [-0.15, -0.1) is 0 Å². The van der Waals surface area contributed by atoms with E-state index >= 15 is 0 Å². The molecule has 1 fully saturated rings. The molecule has 31 heavy (non-hydrogen) atoms. The van der Waals surface area contributed by atoms with Crippen molar-refractivity contribution in [2.24, 2.45) is 5.92 Å². The Balaban J connectivity index is 1.54. The number of aliphatic carboxylic acids is 1. The van der Waals surface area contributed by atoms with Crippen LogP contribution in [0.2, 0.25) is 0 Å². The molecule has 4 rings (SSSR count). The minimum Gasteiger partial charge on any atom is -0.481 e. The summed E-state index contributed by atoms with van der Waals surface area (Å²) < 4.78 is 38.7. The van der Waals surface area contributed by atoms with Gasteiger partial charge in [0.2, 0.25) is 0 Å². The molecule has 0 aliphatic carbocycles. The SMILES string of the molecule is O=C(O)CC1CC(c2ccc(C(F)(F)F)cc2)CN(Cc2ccc3ccccc3c2)C1. The molecule has 1 N–H and O–H groups in total. The Morgan fingerprint density at radius 2 is 1.68 bits per heavy atom. The Morgan fingerprint density at radius 1 is 0.968 bits per heavy atom. The summed E-state index contributed by atoms with van der Waals surface area (Å²) in [6.07, 6.45) is -3.64. The second kappa shape index (κ2) is 8.71. The third kappa shape index (κ3) is 5.25. The maximum absolute atomic E-state index is 12.9. The highest BCUT2D eigenvalue weighted by Crippen LogP contribution is 2.35. The predicted molar refractivity (Wildman–Crippen MR) is 114 cm³/mol. The fourth-order valence-corrected chi connectivity index (χ4v) is 4.61. The van der Waals surface area contributed by atoms with Gasteiger partial charge in [-0.2, -0.15) is 13.2 Å². The maximum Gasteiger partial charge on any atom is 0.416 e. The molecule has 2 unspecified atom stereocenters. The van der Waals surface area contributed by atoms with Gasteiger partial charge < -0.3 is 5.11 Å². The van der Waals surface area contributed by atoms with Crippen LogP contribution in [0, 0.1) is 5.92 Å². The van der Waals surface area contributed by atoms with Crippen molar-refractivity contribution in [1.29, 1.82) is 0 Å². The van der Waals surface area contributed by atoms with Gasteiger partial charge >= 0.3 is 12.1 Å². The molecule has 1 heterocycles. The van der Waals surface area contributed by atoms with Gasteiger partial charge in [0.25, 0.3) is 0 Å². The summed E-state index contributed by atoms with van der Waals surface area (Å²) in [5.74, 6) is -0.886. The number of benzene rings is 3. The van der Waals surface area contributed by atoms with E-state index in [2.05, 4.69) is 35.2 Å². The summed E-state index contributed by atoms with van der Waals surface area (Å²) in [6, 6.07) is 19.7. The number of alkyl halides is 3. The van der Waals surface area contributed by atoms with Crippen molar-refractivity contribution in [2.45, 2.75) is 31.5 Å². The summed E-state index contributed by atoms with van der Waals surface area (Å²) in [7, 11) is 0. The molecule has 1 aliphatic rings. The van der Waals surface area contributed by atoms with E-state index < -0.39 is 17.7 Å². The van der Waals surface area contributed by atoms with Crippen LogP contribution in [-0.2, 0) is 17.5 Å². The Bertz CT molecular complexity index is 1060. The smallest absolute Gasteiger partial charge is 0.416 e. The lowest BCUT2D eigenvalue weighted by molar-refractivity contribution is -0.139. The Hall–Kier alpha value is -2.86. The molecule has 3 nitrogen and oxygen atoms in total. The van der Waals surface area contributed by atoms with E-state index in [9.17, 15) is 23.1 Å². The molecule has 3 aromatic rings. The number of hydrogen-bond donors (Lipinski definition) is 1. The molecular formula is C25H24F3NO2. The van der Waals surface area contributed by atoms with Crippen molar-refractivity contribution < 1.29 is 23.1 Å². The first-order valence-electron chi connectivity index (χ1n) is 10.4. The first-order valence-corrected chi connectivity index (χ1v) is 10.4. The number of carboxylic acids is 1. The molecule has 0 aromatic heterocycles. The molecule has 162 valence electrons. The minimum atomic E-state index is -4.36. The lowest BCUT2D eigenvalue weighted by Gasteiger charge is -2.38. The topological polar surface area (TPSA) is 40.5 Å². The van der Waals surface area contributed by atoms with Gasteiger partial charge in [-0.25, -0.2) is 0 Å². The number of piperidine rings is 1. The van der Waals surface area contributed by atoms with Gasteiger partial charge in [0.15, 0.2) is 0 Å². The lowest BCUT2D eigenvalue weighted by atomic mass is 9.82. The summed E-state index contributed by atoms with van der Waals surface area (Å²) >= 11 is 0. The van der Waals surface area contributed by atoms with Crippen LogP contribution in [0.3, 0.4) is 0 Å². The van der Waals surface area contributed by atoms with Crippen molar-refractivity contribution in [3.8, 4) is 0 Å². The number of carboxylic acid groups (broad SMARTS) is 1. The van der Waals surface area contributed by atoms with E-state index in [-0.39, 0.29) is 18.3 Å². The van der Waals surface area contributed by atoms with Crippen molar-refractivity contribution in [2.75, 3.05) is 13.1 Å².